The van der Waals surface area contributed by atoms with Gasteiger partial charge in [-0.25, -0.2) is 8.42 Å². The van der Waals surface area contributed by atoms with Gasteiger partial charge in [-0.05, 0) is 23.6 Å². The second kappa shape index (κ2) is 4.80. The van der Waals surface area contributed by atoms with Crippen molar-refractivity contribution in [2.75, 3.05) is 11.4 Å². The van der Waals surface area contributed by atoms with E-state index in [1.54, 1.807) is 29.8 Å². The number of aromatic amines is 1. The van der Waals surface area contributed by atoms with Crippen LogP contribution in [0.15, 0.2) is 46.1 Å². The van der Waals surface area contributed by atoms with Crippen LogP contribution in [0.1, 0.15) is 0 Å². The van der Waals surface area contributed by atoms with Gasteiger partial charge in [0.2, 0.25) is 0 Å². The summed E-state index contributed by atoms with van der Waals surface area (Å²) in [4.78, 5) is 3.04. The maximum absolute atomic E-state index is 12.6. The predicted molar refractivity (Wildman–Crippen MR) is 83.2 cm³/mol. The van der Waals surface area contributed by atoms with Gasteiger partial charge in [0.1, 0.15) is 4.21 Å². The average Bonchev–Trinajstić information content (AvgIpc) is 3.08. The van der Waals surface area contributed by atoms with E-state index in [0.717, 1.165) is 5.39 Å². The van der Waals surface area contributed by atoms with Crippen LogP contribution in [0, 0.1) is 0 Å². The summed E-state index contributed by atoms with van der Waals surface area (Å²) in [5, 5.41) is 3.04. The van der Waals surface area contributed by atoms with Gasteiger partial charge in [0.05, 0.1) is 16.2 Å². The molecule has 20 heavy (non-hydrogen) atoms. The van der Waals surface area contributed by atoms with E-state index in [4.69, 9.17) is 11.6 Å². The normalized spacial score (nSPS) is 11.9. The smallest absolute Gasteiger partial charge is 0.273 e. The Morgan fingerprint density at radius 3 is 2.75 bits per heavy atom. The van der Waals surface area contributed by atoms with E-state index >= 15 is 0 Å². The number of nitrogens with zero attached hydrogens (tertiary/aromatic N) is 1. The number of benzene rings is 1. The molecule has 2 heterocycles. The summed E-state index contributed by atoms with van der Waals surface area (Å²) in [5.41, 5.74) is 1.17. The fourth-order valence-corrected chi connectivity index (χ4v) is 4.78. The SMILES string of the molecule is CN(c1c(Cl)ccc2cc[nH]c12)S(=O)(=O)c1cccs1. The van der Waals surface area contributed by atoms with Gasteiger partial charge >= 0.3 is 0 Å². The average molecular weight is 327 g/mol. The summed E-state index contributed by atoms with van der Waals surface area (Å²) < 4.78 is 26.7. The third-order valence-corrected chi connectivity index (χ3v) is 6.51. The Bertz CT molecular complexity index is 854. The molecule has 7 heteroatoms. The quantitative estimate of drug-likeness (QED) is 0.797. The minimum atomic E-state index is -3.59. The van der Waals surface area contributed by atoms with Crippen molar-refractivity contribution in [2.45, 2.75) is 4.21 Å². The zero-order valence-corrected chi connectivity index (χ0v) is 12.9. The second-order valence-corrected chi connectivity index (χ2v) is 7.79. The van der Waals surface area contributed by atoms with E-state index in [-0.39, 0.29) is 0 Å². The van der Waals surface area contributed by atoms with Crippen LogP contribution in [0.2, 0.25) is 5.02 Å². The third kappa shape index (κ3) is 2.00. The van der Waals surface area contributed by atoms with Crippen molar-refractivity contribution in [3.8, 4) is 0 Å². The van der Waals surface area contributed by atoms with Gasteiger partial charge in [-0.15, -0.1) is 11.3 Å². The van der Waals surface area contributed by atoms with Crippen LogP contribution in [-0.2, 0) is 10.0 Å². The molecule has 4 nitrogen and oxygen atoms in total. The molecule has 0 spiro atoms. The molecule has 0 atom stereocenters. The van der Waals surface area contributed by atoms with Gasteiger partial charge in [0.15, 0.2) is 0 Å². The molecule has 0 bridgehead atoms. The molecule has 0 saturated heterocycles. The molecule has 3 rings (SSSR count). The molecule has 2 aromatic heterocycles. The standard InChI is InChI=1S/C13H11ClN2O2S2/c1-16(20(17,18)11-3-2-8-19-11)13-10(14)5-4-9-6-7-15-12(9)13/h2-8,15H,1H3. The van der Waals surface area contributed by atoms with Crippen molar-refractivity contribution in [3.05, 3.63) is 46.9 Å². The number of halogens is 1. The van der Waals surface area contributed by atoms with Gasteiger partial charge in [0.25, 0.3) is 10.0 Å². The van der Waals surface area contributed by atoms with Crippen molar-refractivity contribution in [3.63, 3.8) is 0 Å². The Labute approximate surface area is 125 Å². The lowest BCUT2D eigenvalue weighted by Crippen LogP contribution is -2.26. The number of sulfonamides is 1. The number of rotatable bonds is 3. The minimum Gasteiger partial charge on any atom is -0.359 e. The van der Waals surface area contributed by atoms with Crippen LogP contribution < -0.4 is 4.31 Å². The molecular formula is C13H11ClN2O2S2. The summed E-state index contributed by atoms with van der Waals surface area (Å²) in [6.07, 6.45) is 1.76. The third-order valence-electron chi connectivity index (χ3n) is 3.08. The summed E-state index contributed by atoms with van der Waals surface area (Å²) in [5.74, 6) is 0. The highest BCUT2D eigenvalue weighted by atomic mass is 35.5. The van der Waals surface area contributed by atoms with Crippen LogP contribution in [0.4, 0.5) is 5.69 Å². The van der Waals surface area contributed by atoms with E-state index in [1.807, 2.05) is 12.1 Å². The first-order valence-electron chi connectivity index (χ1n) is 5.80. The van der Waals surface area contributed by atoms with Crippen molar-refractivity contribution >= 4 is 49.6 Å². The lowest BCUT2D eigenvalue weighted by Gasteiger charge is -2.20. The lowest BCUT2D eigenvalue weighted by atomic mass is 10.2. The number of hydrogen-bond acceptors (Lipinski definition) is 3. The van der Waals surface area contributed by atoms with Gasteiger partial charge < -0.3 is 4.98 Å². The molecule has 0 fully saturated rings. The molecule has 0 saturated carbocycles. The van der Waals surface area contributed by atoms with E-state index in [2.05, 4.69) is 4.98 Å². The van der Waals surface area contributed by atoms with Crippen molar-refractivity contribution in [2.24, 2.45) is 0 Å². The molecule has 0 unspecified atom stereocenters. The molecule has 1 aromatic carbocycles. The molecule has 0 aliphatic carbocycles. The van der Waals surface area contributed by atoms with Crippen LogP contribution in [0.25, 0.3) is 10.9 Å². The van der Waals surface area contributed by atoms with E-state index in [0.29, 0.717) is 20.4 Å². The molecule has 1 N–H and O–H groups in total. The Balaban J connectivity index is 2.21. The molecule has 0 aliphatic rings. The number of thiophene rings is 1. The predicted octanol–water partition coefficient (Wildman–Crippen LogP) is 3.71. The van der Waals surface area contributed by atoms with Crippen LogP contribution in [0.5, 0.6) is 0 Å². The molecule has 0 radical (unpaired) electrons. The monoisotopic (exact) mass is 326 g/mol. The summed E-state index contributed by atoms with van der Waals surface area (Å²) in [6.45, 7) is 0. The Hall–Kier alpha value is -1.50. The Morgan fingerprint density at radius 1 is 1.25 bits per heavy atom. The first-order valence-corrected chi connectivity index (χ1v) is 8.49. The van der Waals surface area contributed by atoms with Gasteiger partial charge in [-0.1, -0.05) is 23.7 Å². The van der Waals surface area contributed by atoms with Crippen molar-refractivity contribution in [1.82, 2.24) is 4.98 Å². The topological polar surface area (TPSA) is 53.2 Å². The first kappa shape index (κ1) is 13.5. The maximum atomic E-state index is 12.6. The van der Waals surface area contributed by atoms with Crippen LogP contribution in [0.3, 0.4) is 0 Å². The van der Waals surface area contributed by atoms with Gasteiger partial charge in [-0.3, -0.25) is 4.31 Å². The highest BCUT2D eigenvalue weighted by Gasteiger charge is 2.25. The Kier molecular flexibility index (Phi) is 3.24. The maximum Gasteiger partial charge on any atom is 0.273 e. The van der Waals surface area contributed by atoms with Crippen LogP contribution in [-0.4, -0.2) is 20.4 Å². The number of hydrogen-bond donors (Lipinski definition) is 1. The minimum absolute atomic E-state index is 0.291. The van der Waals surface area contributed by atoms with Crippen LogP contribution >= 0.6 is 22.9 Å². The molecule has 3 aromatic rings. The number of aromatic nitrogens is 1. The molecule has 0 amide bonds. The second-order valence-electron chi connectivity index (χ2n) is 4.24. The fourth-order valence-electron chi connectivity index (χ4n) is 2.06. The zero-order chi connectivity index (χ0) is 14.3. The van der Waals surface area contributed by atoms with Gasteiger partial charge in [-0.2, -0.15) is 0 Å². The number of nitrogens with one attached hydrogen (secondary N) is 1. The summed E-state index contributed by atoms with van der Waals surface area (Å²) >= 11 is 7.38. The zero-order valence-electron chi connectivity index (χ0n) is 10.5. The number of fused-ring (bicyclic) bond motifs is 1. The summed E-state index contributed by atoms with van der Waals surface area (Å²) in [6, 6.07) is 8.72. The number of anilines is 1. The summed E-state index contributed by atoms with van der Waals surface area (Å²) in [7, 11) is -2.08. The highest BCUT2D eigenvalue weighted by molar-refractivity contribution is 7.94. The highest BCUT2D eigenvalue weighted by Crippen LogP contribution is 2.36. The number of H-pyrrole nitrogens is 1. The van der Waals surface area contributed by atoms with Crippen molar-refractivity contribution < 1.29 is 8.42 Å². The Morgan fingerprint density at radius 2 is 2.05 bits per heavy atom. The molecule has 104 valence electrons. The largest absolute Gasteiger partial charge is 0.359 e. The molecular weight excluding hydrogens is 316 g/mol. The van der Waals surface area contributed by atoms with Crippen molar-refractivity contribution in [1.29, 1.82) is 0 Å². The van der Waals surface area contributed by atoms with Gasteiger partial charge in [0, 0.05) is 18.6 Å². The van der Waals surface area contributed by atoms with E-state index < -0.39 is 10.0 Å². The lowest BCUT2D eigenvalue weighted by molar-refractivity contribution is 0.596. The molecule has 0 aliphatic heterocycles. The first-order chi connectivity index (χ1) is 9.51. The van der Waals surface area contributed by atoms with E-state index in [9.17, 15) is 8.42 Å². The van der Waals surface area contributed by atoms with E-state index in [1.165, 1.54) is 22.7 Å². The fraction of sp³-hybridized carbons (Fsp3) is 0.0769.